The lowest BCUT2D eigenvalue weighted by Crippen LogP contribution is -2.62. The third-order valence-electron chi connectivity index (χ3n) is 9.67. The number of carbonyl (C=O) groups excluding carboxylic acids is 6. The number of aromatic nitrogens is 1. The van der Waals surface area contributed by atoms with Gasteiger partial charge in [-0.1, -0.05) is 67.4 Å². The van der Waals surface area contributed by atoms with Crippen LogP contribution in [0.3, 0.4) is 0 Å². The fraction of sp³-hybridized carbons (Fsp3) is 0.667. The van der Waals surface area contributed by atoms with Crippen molar-refractivity contribution in [3.05, 3.63) is 29.6 Å². The molecule has 0 aromatic carbocycles. The highest BCUT2D eigenvalue weighted by molar-refractivity contribution is 6.37. The van der Waals surface area contributed by atoms with Gasteiger partial charge in [0, 0.05) is 12.2 Å². The summed E-state index contributed by atoms with van der Waals surface area (Å²) < 4.78 is 0. The van der Waals surface area contributed by atoms with Crippen molar-refractivity contribution in [2.75, 3.05) is 6.54 Å². The number of Topliss-reactive ketones (excluding diaryl/α,β-unsaturated/α-hetero) is 2. The molecule has 1 aliphatic heterocycles. The number of ketones is 2. The van der Waals surface area contributed by atoms with Gasteiger partial charge in [0.2, 0.25) is 23.4 Å². The van der Waals surface area contributed by atoms with Crippen LogP contribution in [0.4, 0.5) is 4.79 Å². The number of nitrogens with one attached hydrogen (secondary N) is 3. The summed E-state index contributed by atoms with van der Waals surface area (Å²) in [5, 5.41) is 8.30. The van der Waals surface area contributed by atoms with Crippen molar-refractivity contribution in [1.29, 1.82) is 0 Å². The molecule has 4 rings (SSSR count). The summed E-state index contributed by atoms with van der Waals surface area (Å²) in [4.78, 5) is 84.9. The van der Waals surface area contributed by atoms with Crippen LogP contribution in [0.5, 0.6) is 0 Å². The molecule has 12 nitrogen and oxygen atoms in total. The summed E-state index contributed by atoms with van der Waals surface area (Å²) in [6.07, 6.45) is 2.15. The molecule has 2 saturated carbocycles. The molecule has 1 unspecified atom stereocenters. The molecule has 2 aliphatic carbocycles. The quantitative estimate of drug-likeness (QED) is 0.203. The Morgan fingerprint density at radius 2 is 1.69 bits per heavy atom. The summed E-state index contributed by atoms with van der Waals surface area (Å²) in [6.45, 7) is 15.2. The maximum atomic E-state index is 14.2. The van der Waals surface area contributed by atoms with E-state index >= 15 is 0 Å². The molecule has 5 amide bonds. The van der Waals surface area contributed by atoms with Crippen molar-refractivity contribution in [2.45, 2.75) is 98.8 Å². The second-order valence-corrected chi connectivity index (χ2v) is 15.0. The van der Waals surface area contributed by atoms with Gasteiger partial charge in [-0.15, -0.1) is 0 Å². The van der Waals surface area contributed by atoms with Gasteiger partial charge in [0.05, 0.1) is 12.1 Å². The van der Waals surface area contributed by atoms with Gasteiger partial charge in [0.15, 0.2) is 0 Å². The predicted molar refractivity (Wildman–Crippen MR) is 167 cm³/mol. The second kappa shape index (κ2) is 12.5. The summed E-state index contributed by atoms with van der Waals surface area (Å²) in [6, 6.07) is 0.564. The SMILES string of the molecule is Cc1cccc(C(=O)[C@@H](NC(=O)N[C@H](C(=O)N2C[C@H]3[C@@H]([C@H]2C(=O)NC(CC2CC2)C(=O)C(N)=O)C3(C)C)C(C)(C)C)C(C)C)n1. The first kappa shape index (κ1) is 34.1. The van der Waals surface area contributed by atoms with Gasteiger partial charge < -0.3 is 26.6 Å². The number of likely N-dealkylation sites (tertiary alicyclic amines) is 1. The topological polar surface area (TPSA) is 181 Å². The molecule has 0 spiro atoms. The van der Waals surface area contributed by atoms with Crippen molar-refractivity contribution in [3.8, 4) is 0 Å². The lowest BCUT2D eigenvalue weighted by molar-refractivity contribution is -0.145. The van der Waals surface area contributed by atoms with E-state index in [0.29, 0.717) is 18.7 Å². The van der Waals surface area contributed by atoms with E-state index < -0.39 is 59.1 Å². The second-order valence-electron chi connectivity index (χ2n) is 15.0. The smallest absolute Gasteiger partial charge is 0.316 e. The number of nitrogens with two attached hydrogens (primary N) is 1. The fourth-order valence-electron chi connectivity index (χ4n) is 6.66. The minimum Gasteiger partial charge on any atom is -0.363 e. The molecular weight excluding hydrogens is 576 g/mol. The molecule has 5 N–H and O–H groups in total. The van der Waals surface area contributed by atoms with Crippen LogP contribution in [-0.4, -0.2) is 75.9 Å². The third kappa shape index (κ3) is 7.36. The molecule has 0 radical (unpaired) electrons. The molecule has 1 saturated heterocycles. The van der Waals surface area contributed by atoms with Crippen LogP contribution in [-0.2, 0) is 19.2 Å². The number of primary amides is 1. The van der Waals surface area contributed by atoms with Gasteiger partial charge in [-0.2, -0.15) is 0 Å². The Morgan fingerprint density at radius 1 is 1.04 bits per heavy atom. The van der Waals surface area contributed by atoms with Gasteiger partial charge in [-0.05, 0) is 60.0 Å². The van der Waals surface area contributed by atoms with E-state index in [-0.39, 0.29) is 40.6 Å². The highest BCUT2D eigenvalue weighted by Gasteiger charge is 2.70. The Balaban J connectivity index is 1.53. The molecule has 2 heterocycles. The van der Waals surface area contributed by atoms with Crippen LogP contribution < -0.4 is 21.7 Å². The molecule has 246 valence electrons. The van der Waals surface area contributed by atoms with E-state index in [4.69, 9.17) is 5.73 Å². The number of pyridine rings is 1. The number of carbonyl (C=O) groups is 6. The highest BCUT2D eigenvalue weighted by atomic mass is 16.2. The summed E-state index contributed by atoms with van der Waals surface area (Å²) in [5.41, 5.74) is 5.24. The minimum atomic E-state index is -1.11. The Hall–Kier alpha value is -3.83. The van der Waals surface area contributed by atoms with E-state index in [2.05, 4.69) is 20.9 Å². The largest absolute Gasteiger partial charge is 0.363 e. The van der Waals surface area contributed by atoms with Crippen LogP contribution in [0.15, 0.2) is 18.2 Å². The van der Waals surface area contributed by atoms with Crippen molar-refractivity contribution in [1.82, 2.24) is 25.8 Å². The van der Waals surface area contributed by atoms with E-state index in [1.165, 1.54) is 4.90 Å². The van der Waals surface area contributed by atoms with Crippen molar-refractivity contribution >= 4 is 35.3 Å². The molecule has 3 fully saturated rings. The number of aryl methyl sites for hydroxylation is 1. The summed E-state index contributed by atoms with van der Waals surface area (Å²) >= 11 is 0. The van der Waals surface area contributed by atoms with E-state index in [1.54, 1.807) is 25.1 Å². The lowest BCUT2D eigenvalue weighted by atomic mass is 9.85. The standard InChI is InChI=1S/C33H48N6O6/c1-16(2)23(25(40)20-11-9-10-17(3)35-20)37-31(45)38-27(32(4,5)6)30(44)39-15-19-22(33(19,7)8)24(39)29(43)36-21(14-18-12-13-18)26(41)28(34)42/h9-11,16,18-19,21-24,27H,12-15H2,1-8H3,(H2,34,42)(H,36,43)(H2,37,38,45)/t19-,21?,22-,23-,24-,27+/m0/s1. The van der Waals surface area contributed by atoms with E-state index in [0.717, 1.165) is 12.8 Å². The van der Waals surface area contributed by atoms with Gasteiger partial charge >= 0.3 is 6.03 Å². The maximum absolute atomic E-state index is 14.2. The number of fused-ring (bicyclic) bond motifs is 1. The average Bonchev–Trinajstić information content (AvgIpc) is 3.79. The number of urea groups is 1. The molecule has 45 heavy (non-hydrogen) atoms. The van der Waals surface area contributed by atoms with Gasteiger partial charge in [0.1, 0.15) is 17.8 Å². The summed E-state index contributed by atoms with van der Waals surface area (Å²) in [5.74, 6) is -3.35. The van der Waals surface area contributed by atoms with Crippen molar-refractivity contribution in [2.24, 2.45) is 40.2 Å². The Kier molecular flexibility index (Phi) is 9.47. The number of amides is 5. The van der Waals surface area contributed by atoms with Crippen LogP contribution >= 0.6 is 0 Å². The normalized spacial score (nSPS) is 23.8. The molecular formula is C33H48N6O6. The molecule has 1 aromatic rings. The summed E-state index contributed by atoms with van der Waals surface area (Å²) in [7, 11) is 0. The fourth-order valence-corrected chi connectivity index (χ4v) is 6.66. The number of hydrogen-bond donors (Lipinski definition) is 4. The first-order valence-electron chi connectivity index (χ1n) is 15.8. The molecule has 0 bridgehead atoms. The number of nitrogens with zero attached hydrogens (tertiary/aromatic N) is 2. The zero-order valence-corrected chi connectivity index (χ0v) is 27.6. The van der Waals surface area contributed by atoms with E-state index in [9.17, 15) is 28.8 Å². The molecule has 12 heteroatoms. The zero-order valence-electron chi connectivity index (χ0n) is 27.6. The van der Waals surface area contributed by atoms with E-state index in [1.807, 2.05) is 48.5 Å². The zero-order chi connectivity index (χ0) is 33.6. The first-order chi connectivity index (χ1) is 20.8. The number of rotatable bonds is 12. The monoisotopic (exact) mass is 624 g/mol. The highest BCUT2D eigenvalue weighted by Crippen LogP contribution is 2.65. The Morgan fingerprint density at radius 3 is 2.22 bits per heavy atom. The van der Waals surface area contributed by atoms with Gasteiger partial charge in [0.25, 0.3) is 5.91 Å². The van der Waals surface area contributed by atoms with Gasteiger partial charge in [-0.25, -0.2) is 9.78 Å². The lowest BCUT2D eigenvalue weighted by Gasteiger charge is -2.38. The van der Waals surface area contributed by atoms with Gasteiger partial charge in [-0.3, -0.25) is 24.0 Å². The molecule has 3 aliphatic rings. The predicted octanol–water partition coefficient (Wildman–Crippen LogP) is 2.13. The third-order valence-corrected chi connectivity index (χ3v) is 9.67. The number of hydrogen-bond acceptors (Lipinski definition) is 7. The number of piperidine rings is 1. The maximum Gasteiger partial charge on any atom is 0.316 e. The van der Waals surface area contributed by atoms with Crippen LogP contribution in [0.1, 0.15) is 83.9 Å². The van der Waals surface area contributed by atoms with Crippen molar-refractivity contribution in [3.63, 3.8) is 0 Å². The minimum absolute atomic E-state index is 0.0603. The Labute approximate surface area is 265 Å². The Bertz CT molecular complexity index is 1380. The average molecular weight is 625 g/mol. The first-order valence-corrected chi connectivity index (χ1v) is 15.8. The molecule has 6 atom stereocenters. The van der Waals surface area contributed by atoms with Crippen molar-refractivity contribution < 1.29 is 28.8 Å². The van der Waals surface area contributed by atoms with Crippen LogP contribution in [0.2, 0.25) is 0 Å². The molecule has 1 aromatic heterocycles. The van der Waals surface area contributed by atoms with Crippen LogP contribution in [0.25, 0.3) is 0 Å². The van der Waals surface area contributed by atoms with Crippen LogP contribution in [0, 0.1) is 41.4 Å².